The first-order valence-electron chi connectivity index (χ1n) is 9.34. The van der Waals surface area contributed by atoms with Gasteiger partial charge in [0.2, 0.25) is 0 Å². The van der Waals surface area contributed by atoms with E-state index in [1.54, 1.807) is 0 Å². The summed E-state index contributed by atoms with van der Waals surface area (Å²) < 4.78 is 2.34. The Kier molecular flexibility index (Phi) is 14.9. The van der Waals surface area contributed by atoms with Crippen molar-refractivity contribution >= 4 is 0 Å². The van der Waals surface area contributed by atoms with Crippen LogP contribution in [0.5, 0.6) is 0 Å². The van der Waals surface area contributed by atoms with Gasteiger partial charge in [-0.1, -0.05) is 71.6 Å². The molecular weight excluding hydrogens is 290 g/mol. The second-order valence-corrected chi connectivity index (χ2v) is 6.38. The summed E-state index contributed by atoms with van der Waals surface area (Å²) in [5.74, 6) is 0. The van der Waals surface area contributed by atoms with Crippen molar-refractivity contribution in [2.45, 2.75) is 97.4 Å². The Hall–Kier alpha value is -0.560. The predicted molar refractivity (Wildman–Crippen MR) is 92.5 cm³/mol. The Morgan fingerprint density at radius 3 is 1.68 bits per heavy atom. The van der Waals surface area contributed by atoms with Gasteiger partial charge in [-0.2, -0.15) is 0 Å². The fourth-order valence-corrected chi connectivity index (χ4v) is 2.87. The van der Waals surface area contributed by atoms with E-state index in [9.17, 15) is 0 Å². The molecule has 0 aliphatic heterocycles. The average molecular weight is 326 g/mol. The van der Waals surface area contributed by atoms with Crippen molar-refractivity contribution in [2.75, 3.05) is 0 Å². The molecule has 0 saturated heterocycles. The quantitative estimate of drug-likeness (QED) is 0.388. The van der Waals surface area contributed by atoms with Crippen LogP contribution in [0.15, 0.2) is 24.5 Å². The van der Waals surface area contributed by atoms with Crippen LogP contribution in [0.2, 0.25) is 0 Å². The van der Waals surface area contributed by atoms with Crippen LogP contribution in [0, 0.1) is 0 Å². The summed E-state index contributed by atoms with van der Waals surface area (Å²) >= 11 is 0. The molecule has 22 heavy (non-hydrogen) atoms. The molecule has 0 amide bonds. The topological polar surface area (TPSA) is 3.88 Å². The maximum Gasteiger partial charge on any atom is 0.169 e. The van der Waals surface area contributed by atoms with Crippen LogP contribution < -0.4 is 17.0 Å². The Morgan fingerprint density at radius 2 is 1.18 bits per heavy atom. The van der Waals surface area contributed by atoms with Crippen molar-refractivity contribution in [1.29, 1.82) is 0 Å². The third-order valence-electron chi connectivity index (χ3n) is 4.27. The normalized spacial score (nSPS) is 10.5. The van der Waals surface area contributed by atoms with E-state index < -0.39 is 0 Å². The molecule has 1 nitrogen and oxygen atoms in total. The van der Waals surface area contributed by atoms with E-state index in [0.717, 1.165) is 0 Å². The standard InChI is InChI=1S/C20H36N.ClH/c1-3-5-6-7-8-9-10-11-12-13-17-21-18-15-20(14-4-2)16-19-21;/h15-16,18-19H,3-14,17H2,1-2H3;1H/q+1;/p-1. The summed E-state index contributed by atoms with van der Waals surface area (Å²) in [6, 6.07) is 4.56. The van der Waals surface area contributed by atoms with E-state index in [2.05, 4.69) is 42.9 Å². The van der Waals surface area contributed by atoms with Gasteiger partial charge in [-0.05, 0) is 18.4 Å². The molecule has 0 atom stereocenters. The third kappa shape index (κ3) is 11.1. The lowest BCUT2D eigenvalue weighted by Gasteiger charge is -2.02. The maximum absolute atomic E-state index is 2.34. The first kappa shape index (κ1) is 21.4. The summed E-state index contributed by atoms with van der Waals surface area (Å²) in [5, 5.41) is 0. The van der Waals surface area contributed by atoms with Gasteiger partial charge in [-0.15, -0.1) is 0 Å². The summed E-state index contributed by atoms with van der Waals surface area (Å²) in [6.45, 7) is 5.71. The van der Waals surface area contributed by atoms with Crippen LogP contribution in [0.25, 0.3) is 0 Å². The number of nitrogens with zero attached hydrogens (tertiary/aromatic N) is 1. The largest absolute Gasteiger partial charge is 1.00 e. The van der Waals surface area contributed by atoms with E-state index in [4.69, 9.17) is 0 Å². The molecule has 1 aromatic heterocycles. The van der Waals surface area contributed by atoms with Crippen LogP contribution in [0.3, 0.4) is 0 Å². The fraction of sp³-hybridized carbons (Fsp3) is 0.750. The number of unbranched alkanes of at least 4 members (excludes halogenated alkanes) is 9. The van der Waals surface area contributed by atoms with Crippen LogP contribution in [0.4, 0.5) is 0 Å². The van der Waals surface area contributed by atoms with E-state index in [-0.39, 0.29) is 12.4 Å². The lowest BCUT2D eigenvalue weighted by atomic mass is 10.1. The SMILES string of the molecule is CCCCCCCCCCCC[n+]1ccc(CCC)cc1.[Cl-]. The second-order valence-electron chi connectivity index (χ2n) is 6.38. The van der Waals surface area contributed by atoms with Gasteiger partial charge in [0.15, 0.2) is 12.4 Å². The first-order valence-corrected chi connectivity index (χ1v) is 9.34. The molecule has 0 aliphatic carbocycles. The van der Waals surface area contributed by atoms with E-state index in [1.165, 1.54) is 89.2 Å². The molecule has 0 bridgehead atoms. The second kappa shape index (κ2) is 15.3. The van der Waals surface area contributed by atoms with Crippen molar-refractivity contribution in [3.63, 3.8) is 0 Å². The monoisotopic (exact) mass is 325 g/mol. The zero-order chi connectivity index (χ0) is 15.2. The van der Waals surface area contributed by atoms with Gasteiger partial charge < -0.3 is 12.4 Å². The molecule has 0 radical (unpaired) electrons. The van der Waals surface area contributed by atoms with Gasteiger partial charge in [-0.3, -0.25) is 0 Å². The lowest BCUT2D eigenvalue weighted by molar-refractivity contribution is -0.697. The molecule has 0 unspecified atom stereocenters. The van der Waals surface area contributed by atoms with Gasteiger partial charge in [0, 0.05) is 18.6 Å². The highest BCUT2D eigenvalue weighted by molar-refractivity contribution is 5.06. The fourth-order valence-electron chi connectivity index (χ4n) is 2.87. The summed E-state index contributed by atoms with van der Waals surface area (Å²) in [7, 11) is 0. The molecule has 1 aromatic rings. The highest BCUT2D eigenvalue weighted by atomic mass is 35.5. The zero-order valence-corrected chi connectivity index (χ0v) is 15.6. The molecule has 1 heterocycles. The minimum Gasteiger partial charge on any atom is -1.00 e. The molecule has 0 N–H and O–H groups in total. The van der Waals surface area contributed by atoms with Crippen LogP contribution >= 0.6 is 0 Å². The number of aryl methyl sites for hydroxylation is 2. The zero-order valence-electron chi connectivity index (χ0n) is 14.8. The van der Waals surface area contributed by atoms with E-state index in [0.29, 0.717) is 0 Å². The molecule has 0 fully saturated rings. The Balaban J connectivity index is 0.00000441. The summed E-state index contributed by atoms with van der Waals surface area (Å²) in [4.78, 5) is 0. The van der Waals surface area contributed by atoms with Gasteiger partial charge in [0.25, 0.3) is 0 Å². The van der Waals surface area contributed by atoms with Crippen molar-refractivity contribution in [3.05, 3.63) is 30.1 Å². The van der Waals surface area contributed by atoms with Gasteiger partial charge >= 0.3 is 0 Å². The van der Waals surface area contributed by atoms with Crippen molar-refractivity contribution in [2.24, 2.45) is 0 Å². The van der Waals surface area contributed by atoms with Crippen molar-refractivity contribution in [1.82, 2.24) is 0 Å². The van der Waals surface area contributed by atoms with E-state index in [1.807, 2.05) is 0 Å². The number of halogens is 1. The first-order chi connectivity index (χ1) is 10.4. The molecule has 128 valence electrons. The number of hydrogen-bond donors (Lipinski definition) is 0. The van der Waals surface area contributed by atoms with Crippen molar-refractivity contribution < 1.29 is 17.0 Å². The lowest BCUT2D eigenvalue weighted by Crippen LogP contribution is -3.00. The van der Waals surface area contributed by atoms with Crippen LogP contribution in [0.1, 0.15) is 90.0 Å². The van der Waals surface area contributed by atoms with Crippen molar-refractivity contribution in [3.8, 4) is 0 Å². The third-order valence-corrected chi connectivity index (χ3v) is 4.27. The number of rotatable bonds is 13. The summed E-state index contributed by atoms with van der Waals surface area (Å²) in [6.07, 6.45) is 21.1. The van der Waals surface area contributed by atoms with E-state index >= 15 is 0 Å². The van der Waals surface area contributed by atoms with Crippen LogP contribution in [-0.2, 0) is 13.0 Å². The Labute approximate surface area is 144 Å². The Bertz CT molecular complexity index is 334. The number of pyridine rings is 1. The molecule has 0 aliphatic rings. The number of aromatic nitrogens is 1. The minimum atomic E-state index is 0. The maximum atomic E-state index is 2.34. The van der Waals surface area contributed by atoms with Gasteiger partial charge in [-0.25, -0.2) is 4.57 Å². The Morgan fingerprint density at radius 1 is 0.682 bits per heavy atom. The van der Waals surface area contributed by atoms with Gasteiger partial charge in [0.05, 0.1) is 0 Å². The molecule has 0 spiro atoms. The smallest absolute Gasteiger partial charge is 0.169 e. The number of hydrogen-bond acceptors (Lipinski definition) is 0. The molecular formula is C20H36ClN. The highest BCUT2D eigenvalue weighted by Crippen LogP contribution is 2.10. The molecule has 1 rings (SSSR count). The predicted octanol–water partition coefficient (Wildman–Crippen LogP) is 2.85. The minimum absolute atomic E-state index is 0. The molecule has 2 heteroatoms. The average Bonchev–Trinajstić information content (AvgIpc) is 2.51. The highest BCUT2D eigenvalue weighted by Gasteiger charge is 2.00. The summed E-state index contributed by atoms with van der Waals surface area (Å²) in [5.41, 5.74) is 1.47. The molecule has 0 saturated carbocycles. The van der Waals surface area contributed by atoms with Gasteiger partial charge in [0.1, 0.15) is 6.54 Å². The van der Waals surface area contributed by atoms with Crippen LogP contribution in [-0.4, -0.2) is 0 Å². The molecule has 0 aromatic carbocycles.